The normalized spacial score (nSPS) is 17.7. The van der Waals surface area contributed by atoms with Gasteiger partial charge in [0.1, 0.15) is 0 Å². The van der Waals surface area contributed by atoms with Gasteiger partial charge in [0.2, 0.25) is 0 Å². The summed E-state index contributed by atoms with van der Waals surface area (Å²) in [6.07, 6.45) is 3.52. The number of nitrogens with zero attached hydrogens (tertiary/aromatic N) is 2. The van der Waals surface area contributed by atoms with Crippen LogP contribution in [0.3, 0.4) is 0 Å². The van der Waals surface area contributed by atoms with Gasteiger partial charge in [0.15, 0.2) is 0 Å². The van der Waals surface area contributed by atoms with Crippen molar-refractivity contribution in [3.63, 3.8) is 0 Å². The fourth-order valence-electron chi connectivity index (χ4n) is 2.72. The molecule has 0 fully saturated rings. The van der Waals surface area contributed by atoms with E-state index in [1.165, 1.54) is 9.35 Å². The molecule has 3 rings (SSSR count). The molecule has 0 saturated carbocycles. The quantitative estimate of drug-likeness (QED) is 0.848. The summed E-state index contributed by atoms with van der Waals surface area (Å²) >= 11 is 5.30. The van der Waals surface area contributed by atoms with Crippen molar-refractivity contribution < 1.29 is 4.79 Å². The molecule has 3 heterocycles. The molecule has 21 heavy (non-hydrogen) atoms. The molecule has 1 aliphatic rings. The fourth-order valence-corrected chi connectivity index (χ4v) is 4.18. The number of amides is 1. The number of nitrogens with one attached hydrogen (secondary N) is 1. The van der Waals surface area contributed by atoms with E-state index in [1.807, 2.05) is 4.68 Å². The van der Waals surface area contributed by atoms with E-state index >= 15 is 0 Å². The average Bonchev–Trinajstić information content (AvgIpc) is 3.05. The molecule has 1 aliphatic heterocycles. The molecule has 0 aliphatic carbocycles. The Morgan fingerprint density at radius 1 is 1.62 bits per heavy atom. The first-order chi connectivity index (χ1) is 10.1. The van der Waals surface area contributed by atoms with Crippen molar-refractivity contribution in [1.29, 1.82) is 0 Å². The Morgan fingerprint density at radius 3 is 3.19 bits per heavy atom. The maximum Gasteiger partial charge on any atom is 0.252 e. The fraction of sp³-hybridized carbons (Fsp3) is 0.429. The van der Waals surface area contributed by atoms with Gasteiger partial charge in [-0.2, -0.15) is 5.10 Å². The van der Waals surface area contributed by atoms with Crippen LogP contribution in [0.15, 0.2) is 22.1 Å². The topological polar surface area (TPSA) is 72.9 Å². The van der Waals surface area contributed by atoms with Crippen LogP contribution in [0.25, 0.3) is 0 Å². The number of fused-ring (bicyclic) bond motifs is 1. The second-order valence-corrected chi connectivity index (χ2v) is 7.13. The van der Waals surface area contributed by atoms with Gasteiger partial charge in [-0.25, -0.2) is 0 Å². The van der Waals surface area contributed by atoms with E-state index in [4.69, 9.17) is 5.73 Å². The summed E-state index contributed by atoms with van der Waals surface area (Å²) in [4.78, 5) is 12.6. The highest BCUT2D eigenvalue weighted by molar-refractivity contribution is 9.10. The van der Waals surface area contributed by atoms with Gasteiger partial charge in [-0.05, 0) is 46.1 Å². The highest BCUT2D eigenvalue weighted by Gasteiger charge is 2.23. The monoisotopic (exact) mass is 368 g/mol. The van der Waals surface area contributed by atoms with Crippen LogP contribution in [0, 0.1) is 5.92 Å². The van der Waals surface area contributed by atoms with Crippen molar-refractivity contribution in [3.05, 3.63) is 38.3 Å². The molecule has 0 aromatic carbocycles. The van der Waals surface area contributed by atoms with Gasteiger partial charge in [0.05, 0.1) is 17.5 Å². The van der Waals surface area contributed by atoms with Gasteiger partial charge in [0, 0.05) is 29.0 Å². The van der Waals surface area contributed by atoms with Gasteiger partial charge in [-0.3, -0.25) is 9.48 Å². The summed E-state index contributed by atoms with van der Waals surface area (Å²) < 4.78 is 3.10. The minimum Gasteiger partial charge on any atom is -0.365 e. The molecule has 0 spiro atoms. The van der Waals surface area contributed by atoms with Crippen LogP contribution >= 0.6 is 27.3 Å². The van der Waals surface area contributed by atoms with Crippen molar-refractivity contribution >= 4 is 33.2 Å². The Morgan fingerprint density at radius 2 is 2.48 bits per heavy atom. The Bertz CT molecular complexity index is 651. The maximum absolute atomic E-state index is 11.3. The molecule has 1 amide bonds. The van der Waals surface area contributed by atoms with E-state index in [1.54, 1.807) is 17.5 Å². The lowest BCUT2D eigenvalue weighted by Crippen LogP contribution is -2.30. The smallest absolute Gasteiger partial charge is 0.252 e. The molecular formula is C14H17BrN4OS. The number of thiophene rings is 1. The predicted octanol–water partition coefficient (Wildman–Crippen LogP) is 2.16. The molecule has 0 unspecified atom stereocenters. The lowest BCUT2D eigenvalue weighted by molar-refractivity contribution is 0.0998. The van der Waals surface area contributed by atoms with E-state index in [0.717, 1.165) is 38.2 Å². The van der Waals surface area contributed by atoms with Crippen LogP contribution in [0.2, 0.25) is 0 Å². The molecule has 0 radical (unpaired) electrons. The highest BCUT2D eigenvalue weighted by Crippen LogP contribution is 2.24. The summed E-state index contributed by atoms with van der Waals surface area (Å²) in [6, 6.07) is 2.07. The first kappa shape index (κ1) is 14.7. The molecule has 2 aromatic heterocycles. The predicted molar refractivity (Wildman–Crippen MR) is 86.3 cm³/mol. The van der Waals surface area contributed by atoms with Crippen LogP contribution < -0.4 is 11.1 Å². The largest absolute Gasteiger partial charge is 0.365 e. The number of carbonyl (C=O) groups excluding carboxylic acids is 1. The molecule has 2 aromatic rings. The molecule has 1 atom stereocenters. The summed E-state index contributed by atoms with van der Waals surface area (Å²) in [5, 5.41) is 9.88. The Balaban J connectivity index is 1.55. The third-order valence-electron chi connectivity index (χ3n) is 3.84. The van der Waals surface area contributed by atoms with Crippen molar-refractivity contribution in [1.82, 2.24) is 15.1 Å². The van der Waals surface area contributed by atoms with Crippen LogP contribution in [0.1, 0.15) is 27.3 Å². The summed E-state index contributed by atoms with van der Waals surface area (Å²) in [5.74, 6) is 0.159. The summed E-state index contributed by atoms with van der Waals surface area (Å²) in [6.45, 7) is 2.68. The van der Waals surface area contributed by atoms with E-state index in [2.05, 4.69) is 37.8 Å². The molecular weight excluding hydrogens is 352 g/mol. The first-order valence-corrected chi connectivity index (χ1v) is 8.59. The number of primary amides is 1. The Kier molecular flexibility index (Phi) is 4.42. The zero-order chi connectivity index (χ0) is 14.8. The molecule has 112 valence electrons. The van der Waals surface area contributed by atoms with Gasteiger partial charge in [0.25, 0.3) is 5.91 Å². The standard InChI is InChI=1S/C14H17BrN4OS/c15-11-3-4-21-13(11)7-17-5-9-1-2-12-10(14(16)20)6-18-19(12)8-9/h3-4,6,9,17H,1-2,5,7-8H2,(H2,16,20)/t9-/m0/s1. The number of halogens is 1. The lowest BCUT2D eigenvalue weighted by Gasteiger charge is -2.24. The van der Waals surface area contributed by atoms with Gasteiger partial charge >= 0.3 is 0 Å². The number of hydrogen-bond donors (Lipinski definition) is 2. The number of carbonyl (C=O) groups is 1. The van der Waals surface area contributed by atoms with Crippen molar-refractivity contribution in [2.75, 3.05) is 6.54 Å². The Labute approximate surface area is 135 Å². The molecule has 0 bridgehead atoms. The van der Waals surface area contributed by atoms with Crippen LogP contribution in [0.4, 0.5) is 0 Å². The second kappa shape index (κ2) is 6.29. The molecule has 0 saturated heterocycles. The lowest BCUT2D eigenvalue weighted by atomic mass is 9.96. The SMILES string of the molecule is NC(=O)c1cnn2c1CC[C@@H](CNCc1sccc1Br)C2. The van der Waals surface area contributed by atoms with Crippen molar-refractivity contribution in [2.45, 2.75) is 25.9 Å². The van der Waals surface area contributed by atoms with Crippen molar-refractivity contribution in [2.24, 2.45) is 11.7 Å². The van der Waals surface area contributed by atoms with Crippen molar-refractivity contribution in [3.8, 4) is 0 Å². The van der Waals surface area contributed by atoms with E-state index in [0.29, 0.717) is 11.5 Å². The zero-order valence-corrected chi connectivity index (χ0v) is 13.9. The minimum atomic E-state index is -0.379. The summed E-state index contributed by atoms with van der Waals surface area (Å²) in [5.41, 5.74) is 6.92. The number of hydrogen-bond acceptors (Lipinski definition) is 4. The van der Waals surface area contributed by atoms with Crippen LogP contribution in [0.5, 0.6) is 0 Å². The number of nitrogens with two attached hydrogens (primary N) is 1. The number of rotatable bonds is 5. The minimum absolute atomic E-state index is 0.379. The van der Waals surface area contributed by atoms with Crippen LogP contribution in [-0.4, -0.2) is 22.2 Å². The second-order valence-electron chi connectivity index (χ2n) is 5.28. The van der Waals surface area contributed by atoms with Gasteiger partial charge < -0.3 is 11.1 Å². The third-order valence-corrected chi connectivity index (χ3v) is 5.77. The average molecular weight is 369 g/mol. The first-order valence-electron chi connectivity index (χ1n) is 6.92. The van der Waals surface area contributed by atoms with Gasteiger partial charge in [-0.15, -0.1) is 11.3 Å². The van der Waals surface area contributed by atoms with E-state index in [-0.39, 0.29) is 5.91 Å². The molecule has 3 N–H and O–H groups in total. The molecule has 7 heteroatoms. The zero-order valence-electron chi connectivity index (χ0n) is 11.5. The maximum atomic E-state index is 11.3. The molecule has 5 nitrogen and oxygen atoms in total. The number of aromatic nitrogens is 2. The highest BCUT2D eigenvalue weighted by atomic mass is 79.9. The third kappa shape index (κ3) is 3.20. The summed E-state index contributed by atoms with van der Waals surface area (Å²) in [7, 11) is 0. The van der Waals surface area contributed by atoms with E-state index < -0.39 is 0 Å². The Hall–Kier alpha value is -1.18. The van der Waals surface area contributed by atoms with E-state index in [9.17, 15) is 4.79 Å². The van der Waals surface area contributed by atoms with Gasteiger partial charge in [-0.1, -0.05) is 0 Å². The van der Waals surface area contributed by atoms with Crippen LogP contribution in [-0.2, 0) is 19.5 Å².